The Bertz CT molecular complexity index is 735. The number of benzene rings is 1. The van der Waals surface area contributed by atoms with Crippen molar-refractivity contribution in [1.29, 1.82) is 0 Å². The number of nitrogens with zero attached hydrogens (tertiary/aromatic N) is 3. The van der Waals surface area contributed by atoms with Crippen molar-refractivity contribution in [2.75, 3.05) is 12.0 Å². The summed E-state index contributed by atoms with van der Waals surface area (Å²) in [7, 11) is 0. The topological polar surface area (TPSA) is 56.7 Å². The molecule has 4 nitrogen and oxygen atoms in total. The highest BCUT2D eigenvalue weighted by Crippen LogP contribution is 2.26. The summed E-state index contributed by atoms with van der Waals surface area (Å²) in [4.78, 5) is 8.85. The second kappa shape index (κ2) is 4.74. The van der Waals surface area contributed by atoms with Gasteiger partial charge in [0.15, 0.2) is 0 Å². The van der Waals surface area contributed by atoms with Crippen LogP contribution in [-0.4, -0.2) is 26.0 Å². The summed E-state index contributed by atoms with van der Waals surface area (Å²) in [5.74, 6) is 0.564. The summed E-state index contributed by atoms with van der Waals surface area (Å²) < 4.78 is 2.10. The molecule has 5 heteroatoms. The first-order valence-corrected chi connectivity index (χ1v) is 7.51. The van der Waals surface area contributed by atoms with Crippen molar-refractivity contribution < 1.29 is 0 Å². The lowest BCUT2D eigenvalue weighted by Crippen LogP contribution is -2.11. The summed E-state index contributed by atoms with van der Waals surface area (Å²) in [6, 6.07) is 8.11. The van der Waals surface area contributed by atoms with Crippen molar-refractivity contribution >= 4 is 39.6 Å². The van der Waals surface area contributed by atoms with Gasteiger partial charge in [-0.3, -0.25) is 4.98 Å². The quantitative estimate of drug-likeness (QED) is 0.796. The average Bonchev–Trinajstić information content (AvgIpc) is 2.75. The van der Waals surface area contributed by atoms with E-state index in [4.69, 9.17) is 5.73 Å². The first-order chi connectivity index (χ1) is 9.20. The molecule has 19 heavy (non-hydrogen) atoms. The number of aromatic nitrogens is 3. The molecule has 2 heterocycles. The van der Waals surface area contributed by atoms with Crippen LogP contribution in [-0.2, 0) is 6.54 Å². The molecule has 0 bridgehead atoms. The Morgan fingerprint density at radius 3 is 2.89 bits per heavy atom. The van der Waals surface area contributed by atoms with Gasteiger partial charge in [0, 0.05) is 17.2 Å². The van der Waals surface area contributed by atoms with Crippen molar-refractivity contribution in [3.63, 3.8) is 0 Å². The smallest absolute Gasteiger partial charge is 0.201 e. The maximum absolute atomic E-state index is 6.06. The van der Waals surface area contributed by atoms with E-state index in [9.17, 15) is 0 Å². The lowest BCUT2D eigenvalue weighted by molar-refractivity contribution is 0.723. The molecular weight excluding hydrogens is 256 g/mol. The third-order valence-electron chi connectivity index (χ3n) is 3.35. The Hall–Kier alpha value is -1.75. The number of nitrogens with two attached hydrogens (primary N) is 1. The predicted molar refractivity (Wildman–Crippen MR) is 82.4 cm³/mol. The van der Waals surface area contributed by atoms with Crippen molar-refractivity contribution in [1.82, 2.24) is 14.5 Å². The Balaban J connectivity index is 2.30. The zero-order chi connectivity index (χ0) is 13.4. The van der Waals surface area contributed by atoms with Crippen LogP contribution in [0.25, 0.3) is 21.9 Å². The van der Waals surface area contributed by atoms with Crippen LogP contribution in [0.3, 0.4) is 0 Å². The van der Waals surface area contributed by atoms with E-state index in [0.717, 1.165) is 28.5 Å². The number of nitrogen functional groups attached to an aromatic ring is 1. The molecule has 3 aromatic rings. The molecule has 0 fully saturated rings. The molecule has 2 aromatic heterocycles. The zero-order valence-electron chi connectivity index (χ0n) is 11.0. The van der Waals surface area contributed by atoms with E-state index in [1.54, 1.807) is 6.20 Å². The Kier molecular flexibility index (Phi) is 3.06. The number of hydrogen-bond acceptors (Lipinski definition) is 4. The molecule has 0 aliphatic heterocycles. The molecule has 0 spiro atoms. The standard InChI is InChI=1S/C14H16N4S/c1-9(19-2)8-18-13-10-5-3-4-6-11(10)16-7-12(13)17-14(18)15/h3-7,9H,8H2,1-2H3,(H2,15,17). The van der Waals surface area contributed by atoms with Crippen LogP contribution in [0.5, 0.6) is 0 Å². The van der Waals surface area contributed by atoms with Gasteiger partial charge in [-0.1, -0.05) is 25.1 Å². The van der Waals surface area contributed by atoms with Crippen molar-refractivity contribution in [3.05, 3.63) is 30.5 Å². The molecule has 0 aliphatic carbocycles. The first-order valence-electron chi connectivity index (χ1n) is 6.23. The second-order valence-electron chi connectivity index (χ2n) is 4.64. The fourth-order valence-electron chi connectivity index (χ4n) is 2.30. The molecule has 2 N–H and O–H groups in total. The minimum absolute atomic E-state index is 0.492. The Morgan fingerprint density at radius 2 is 2.11 bits per heavy atom. The number of imidazole rings is 1. The van der Waals surface area contributed by atoms with Gasteiger partial charge < -0.3 is 10.3 Å². The van der Waals surface area contributed by atoms with Gasteiger partial charge in [0.05, 0.1) is 17.2 Å². The summed E-state index contributed by atoms with van der Waals surface area (Å²) in [5.41, 5.74) is 8.99. The van der Waals surface area contributed by atoms with Gasteiger partial charge in [-0.15, -0.1) is 0 Å². The summed E-state index contributed by atoms with van der Waals surface area (Å²) in [6.45, 7) is 3.05. The summed E-state index contributed by atoms with van der Waals surface area (Å²) in [5, 5.41) is 1.60. The maximum Gasteiger partial charge on any atom is 0.201 e. The fourth-order valence-corrected chi connectivity index (χ4v) is 2.59. The van der Waals surface area contributed by atoms with Crippen LogP contribution in [0.1, 0.15) is 6.92 Å². The normalized spacial score (nSPS) is 13.2. The highest BCUT2D eigenvalue weighted by molar-refractivity contribution is 7.99. The highest BCUT2D eigenvalue weighted by Gasteiger charge is 2.13. The highest BCUT2D eigenvalue weighted by atomic mass is 32.2. The van der Waals surface area contributed by atoms with E-state index in [1.165, 1.54) is 0 Å². The lowest BCUT2D eigenvalue weighted by Gasteiger charge is -2.12. The molecule has 98 valence electrons. The Labute approximate surface area is 116 Å². The van der Waals surface area contributed by atoms with Gasteiger partial charge in [0.2, 0.25) is 5.95 Å². The predicted octanol–water partition coefficient (Wildman–Crippen LogP) is 2.92. The van der Waals surface area contributed by atoms with Gasteiger partial charge in [0.1, 0.15) is 5.52 Å². The van der Waals surface area contributed by atoms with Crippen molar-refractivity contribution in [2.45, 2.75) is 18.7 Å². The second-order valence-corrected chi connectivity index (χ2v) is 5.91. The van der Waals surface area contributed by atoms with Gasteiger partial charge in [0.25, 0.3) is 0 Å². The van der Waals surface area contributed by atoms with Crippen LogP contribution >= 0.6 is 11.8 Å². The number of hydrogen-bond donors (Lipinski definition) is 1. The maximum atomic E-state index is 6.06. The van der Waals surface area contributed by atoms with E-state index in [1.807, 2.05) is 30.0 Å². The van der Waals surface area contributed by atoms with E-state index in [0.29, 0.717) is 11.2 Å². The van der Waals surface area contributed by atoms with Crippen LogP contribution in [0.4, 0.5) is 5.95 Å². The largest absolute Gasteiger partial charge is 0.369 e. The fraction of sp³-hybridized carbons (Fsp3) is 0.286. The molecule has 3 rings (SSSR count). The van der Waals surface area contributed by atoms with Crippen LogP contribution in [0, 0.1) is 0 Å². The molecule has 0 saturated heterocycles. The van der Waals surface area contributed by atoms with Crippen molar-refractivity contribution in [2.24, 2.45) is 0 Å². The van der Waals surface area contributed by atoms with E-state index >= 15 is 0 Å². The van der Waals surface area contributed by atoms with Gasteiger partial charge >= 0.3 is 0 Å². The van der Waals surface area contributed by atoms with Gasteiger partial charge in [-0.25, -0.2) is 4.98 Å². The zero-order valence-corrected chi connectivity index (χ0v) is 11.8. The van der Waals surface area contributed by atoms with E-state index in [2.05, 4.69) is 33.8 Å². The minimum atomic E-state index is 0.492. The van der Waals surface area contributed by atoms with Crippen molar-refractivity contribution in [3.8, 4) is 0 Å². The SMILES string of the molecule is CSC(C)Cn1c(N)nc2cnc3ccccc3c21. The van der Waals surface area contributed by atoms with Crippen LogP contribution in [0.2, 0.25) is 0 Å². The molecule has 1 unspecified atom stereocenters. The molecule has 0 saturated carbocycles. The third-order valence-corrected chi connectivity index (χ3v) is 4.31. The number of anilines is 1. The molecule has 1 atom stereocenters. The molecule has 0 amide bonds. The third kappa shape index (κ3) is 2.04. The molecule has 1 aromatic carbocycles. The molecule has 0 aliphatic rings. The lowest BCUT2D eigenvalue weighted by atomic mass is 10.2. The van der Waals surface area contributed by atoms with Crippen LogP contribution in [0.15, 0.2) is 30.5 Å². The number of pyridine rings is 1. The first kappa shape index (κ1) is 12.3. The van der Waals surface area contributed by atoms with Gasteiger partial charge in [-0.2, -0.15) is 11.8 Å². The van der Waals surface area contributed by atoms with E-state index in [-0.39, 0.29) is 0 Å². The number of rotatable bonds is 3. The minimum Gasteiger partial charge on any atom is -0.369 e. The monoisotopic (exact) mass is 272 g/mol. The molecule has 0 radical (unpaired) electrons. The van der Waals surface area contributed by atoms with E-state index < -0.39 is 0 Å². The number of para-hydroxylation sites is 1. The number of thioether (sulfide) groups is 1. The average molecular weight is 272 g/mol. The number of fused-ring (bicyclic) bond motifs is 3. The summed E-state index contributed by atoms with van der Waals surface area (Å²) >= 11 is 1.83. The van der Waals surface area contributed by atoms with Crippen LogP contribution < -0.4 is 5.73 Å². The van der Waals surface area contributed by atoms with Gasteiger partial charge in [-0.05, 0) is 12.3 Å². The summed E-state index contributed by atoms with van der Waals surface area (Å²) in [6.07, 6.45) is 3.91. The Morgan fingerprint density at radius 1 is 1.32 bits per heavy atom. The molecular formula is C14H16N4S.